The van der Waals surface area contributed by atoms with Crippen LogP contribution in [0.2, 0.25) is 0 Å². The quantitative estimate of drug-likeness (QED) is 0.587. The van der Waals surface area contributed by atoms with Crippen molar-refractivity contribution in [2.45, 2.75) is 45.4 Å². The molecule has 1 aliphatic heterocycles. The lowest BCUT2D eigenvalue weighted by Gasteiger charge is -2.16. The van der Waals surface area contributed by atoms with E-state index in [4.69, 9.17) is 0 Å². The predicted octanol–water partition coefficient (Wildman–Crippen LogP) is 3.26. The van der Waals surface area contributed by atoms with Gasteiger partial charge in [-0.2, -0.15) is 0 Å². The maximum Gasteiger partial charge on any atom is 0.251 e. The Hall–Kier alpha value is -1.05. The second-order valence-electron chi connectivity index (χ2n) is 4.08. The lowest BCUT2D eigenvalue weighted by atomic mass is 10.1. The molecule has 2 heteroatoms. The van der Waals surface area contributed by atoms with Gasteiger partial charge in [0.05, 0.1) is 0 Å². The predicted molar refractivity (Wildman–Crippen MR) is 63.4 cm³/mol. The van der Waals surface area contributed by atoms with E-state index >= 15 is 0 Å². The van der Waals surface area contributed by atoms with Gasteiger partial charge >= 0.3 is 0 Å². The summed E-state index contributed by atoms with van der Waals surface area (Å²) in [6.45, 7) is 6.88. The van der Waals surface area contributed by atoms with Crippen molar-refractivity contribution in [3.05, 3.63) is 24.4 Å². The van der Waals surface area contributed by atoms with Crippen LogP contribution < -0.4 is 0 Å². The number of nitrogens with zero attached hydrogens (tertiary/aromatic N) is 1. The van der Waals surface area contributed by atoms with E-state index in [-0.39, 0.29) is 5.91 Å². The van der Waals surface area contributed by atoms with Crippen LogP contribution in [-0.4, -0.2) is 17.4 Å². The van der Waals surface area contributed by atoms with Crippen molar-refractivity contribution in [1.29, 1.82) is 0 Å². The Morgan fingerprint density at radius 3 is 2.40 bits per heavy atom. The van der Waals surface area contributed by atoms with E-state index in [0.29, 0.717) is 0 Å². The molecule has 0 aromatic rings. The molecule has 0 saturated carbocycles. The Balaban J connectivity index is 2.05. The van der Waals surface area contributed by atoms with Crippen molar-refractivity contribution in [3.63, 3.8) is 0 Å². The van der Waals surface area contributed by atoms with Gasteiger partial charge in [0.25, 0.3) is 5.91 Å². The standard InChI is InChI=1S/C13H21NO/c1-3-4-5-6-7-8-11-14-12(2)9-10-13(14)15/h9-10H,2-8,11H2,1H3. The zero-order valence-electron chi connectivity index (χ0n) is 9.67. The fourth-order valence-corrected chi connectivity index (χ4v) is 1.79. The van der Waals surface area contributed by atoms with Gasteiger partial charge in [-0.3, -0.25) is 4.79 Å². The maximum absolute atomic E-state index is 11.3. The Labute approximate surface area is 92.7 Å². The minimum atomic E-state index is 0.0913. The molecular weight excluding hydrogens is 186 g/mol. The van der Waals surface area contributed by atoms with Gasteiger partial charge < -0.3 is 4.90 Å². The molecule has 15 heavy (non-hydrogen) atoms. The topological polar surface area (TPSA) is 20.3 Å². The summed E-state index contributed by atoms with van der Waals surface area (Å²) in [6.07, 6.45) is 10.9. The van der Waals surface area contributed by atoms with Gasteiger partial charge in [0.15, 0.2) is 0 Å². The summed E-state index contributed by atoms with van der Waals surface area (Å²) in [4.78, 5) is 13.1. The first kappa shape index (κ1) is 12.0. The molecule has 1 rings (SSSR count). The highest BCUT2D eigenvalue weighted by Gasteiger charge is 2.17. The smallest absolute Gasteiger partial charge is 0.251 e. The highest BCUT2D eigenvalue weighted by Crippen LogP contribution is 2.14. The first-order chi connectivity index (χ1) is 7.25. The van der Waals surface area contributed by atoms with Gasteiger partial charge in [0.1, 0.15) is 0 Å². The number of amides is 1. The molecule has 0 saturated heterocycles. The molecule has 0 N–H and O–H groups in total. The zero-order chi connectivity index (χ0) is 11.1. The number of carbonyl (C=O) groups excluding carboxylic acids is 1. The van der Waals surface area contributed by atoms with Crippen LogP contribution >= 0.6 is 0 Å². The van der Waals surface area contributed by atoms with Gasteiger partial charge in [-0.25, -0.2) is 0 Å². The largest absolute Gasteiger partial charge is 0.309 e. The minimum Gasteiger partial charge on any atom is -0.309 e. The lowest BCUT2D eigenvalue weighted by Crippen LogP contribution is -2.24. The van der Waals surface area contributed by atoms with Crippen molar-refractivity contribution >= 4 is 5.91 Å². The van der Waals surface area contributed by atoms with Crippen molar-refractivity contribution in [3.8, 4) is 0 Å². The first-order valence-corrected chi connectivity index (χ1v) is 5.94. The summed E-state index contributed by atoms with van der Waals surface area (Å²) in [5.74, 6) is 0.0913. The molecule has 0 aromatic carbocycles. The zero-order valence-corrected chi connectivity index (χ0v) is 9.67. The van der Waals surface area contributed by atoms with Crippen LogP contribution in [0.3, 0.4) is 0 Å². The van der Waals surface area contributed by atoms with Gasteiger partial charge in [-0.15, -0.1) is 0 Å². The van der Waals surface area contributed by atoms with Crippen molar-refractivity contribution < 1.29 is 4.79 Å². The third-order valence-electron chi connectivity index (χ3n) is 2.77. The lowest BCUT2D eigenvalue weighted by molar-refractivity contribution is -0.123. The number of carbonyl (C=O) groups is 1. The minimum absolute atomic E-state index is 0.0913. The summed E-state index contributed by atoms with van der Waals surface area (Å²) < 4.78 is 0. The fourth-order valence-electron chi connectivity index (χ4n) is 1.79. The van der Waals surface area contributed by atoms with Gasteiger partial charge in [-0.1, -0.05) is 45.6 Å². The van der Waals surface area contributed by atoms with E-state index in [1.54, 1.807) is 17.1 Å². The average molecular weight is 207 g/mol. The monoisotopic (exact) mass is 207 g/mol. The van der Waals surface area contributed by atoms with Gasteiger partial charge in [-0.05, 0) is 12.5 Å². The molecule has 0 aliphatic carbocycles. The van der Waals surface area contributed by atoms with Crippen LogP contribution in [0, 0.1) is 0 Å². The van der Waals surface area contributed by atoms with Crippen LogP contribution in [0.25, 0.3) is 0 Å². The van der Waals surface area contributed by atoms with E-state index in [0.717, 1.165) is 18.7 Å². The molecule has 0 bridgehead atoms. The molecule has 0 radical (unpaired) electrons. The molecule has 1 amide bonds. The van der Waals surface area contributed by atoms with E-state index in [1.165, 1.54) is 32.1 Å². The number of allylic oxidation sites excluding steroid dienone is 1. The van der Waals surface area contributed by atoms with Gasteiger partial charge in [0.2, 0.25) is 0 Å². The molecule has 2 nitrogen and oxygen atoms in total. The number of hydrogen-bond acceptors (Lipinski definition) is 1. The molecule has 1 heterocycles. The molecular formula is C13H21NO. The molecule has 84 valence electrons. The third-order valence-corrected chi connectivity index (χ3v) is 2.77. The second-order valence-corrected chi connectivity index (χ2v) is 4.08. The summed E-state index contributed by atoms with van der Waals surface area (Å²) in [5.41, 5.74) is 0.841. The van der Waals surface area contributed by atoms with Crippen LogP contribution in [0.1, 0.15) is 45.4 Å². The van der Waals surface area contributed by atoms with Crippen molar-refractivity contribution in [1.82, 2.24) is 4.90 Å². The molecule has 0 aromatic heterocycles. The summed E-state index contributed by atoms with van der Waals surface area (Å²) in [6, 6.07) is 0. The van der Waals surface area contributed by atoms with Crippen LogP contribution in [-0.2, 0) is 4.79 Å². The van der Waals surface area contributed by atoms with E-state index in [9.17, 15) is 4.79 Å². The SMILES string of the molecule is C=C1C=CC(=O)N1CCCCCCCC. The maximum atomic E-state index is 11.3. The van der Waals surface area contributed by atoms with Crippen LogP contribution in [0.4, 0.5) is 0 Å². The average Bonchev–Trinajstić information content (AvgIpc) is 2.54. The highest BCUT2D eigenvalue weighted by molar-refractivity contribution is 5.92. The summed E-state index contributed by atoms with van der Waals surface area (Å²) in [7, 11) is 0. The number of rotatable bonds is 7. The Morgan fingerprint density at radius 2 is 1.80 bits per heavy atom. The Bertz CT molecular complexity index is 237. The Morgan fingerprint density at radius 1 is 1.13 bits per heavy atom. The summed E-state index contributed by atoms with van der Waals surface area (Å²) >= 11 is 0. The van der Waals surface area contributed by atoms with E-state index in [1.807, 2.05) is 0 Å². The molecule has 0 fully saturated rings. The van der Waals surface area contributed by atoms with Crippen LogP contribution in [0.15, 0.2) is 24.4 Å². The van der Waals surface area contributed by atoms with Crippen molar-refractivity contribution in [2.24, 2.45) is 0 Å². The molecule has 0 spiro atoms. The molecule has 0 atom stereocenters. The summed E-state index contributed by atoms with van der Waals surface area (Å²) in [5, 5.41) is 0. The number of unbranched alkanes of at least 4 members (excludes halogenated alkanes) is 5. The highest BCUT2D eigenvalue weighted by atomic mass is 16.2. The second kappa shape index (κ2) is 6.44. The van der Waals surface area contributed by atoms with E-state index in [2.05, 4.69) is 13.5 Å². The normalized spacial score (nSPS) is 15.4. The first-order valence-electron chi connectivity index (χ1n) is 5.94. The van der Waals surface area contributed by atoms with Crippen LogP contribution in [0.5, 0.6) is 0 Å². The Kier molecular flexibility index (Phi) is 5.16. The third kappa shape index (κ3) is 3.90. The van der Waals surface area contributed by atoms with E-state index < -0.39 is 0 Å². The molecule has 1 aliphatic rings. The van der Waals surface area contributed by atoms with Crippen molar-refractivity contribution in [2.75, 3.05) is 6.54 Å². The number of hydrogen-bond donors (Lipinski definition) is 0. The van der Waals surface area contributed by atoms with Gasteiger partial charge in [0, 0.05) is 18.3 Å². The molecule has 0 unspecified atom stereocenters. The fraction of sp³-hybridized carbons (Fsp3) is 0.615.